The van der Waals surface area contributed by atoms with E-state index in [1.54, 1.807) is 18.4 Å². The highest BCUT2D eigenvalue weighted by Gasteiger charge is 2.13. The maximum atomic E-state index is 12.1. The molecule has 1 heterocycles. The second-order valence-electron chi connectivity index (χ2n) is 4.75. The summed E-state index contributed by atoms with van der Waals surface area (Å²) < 4.78 is 22.4. The summed E-state index contributed by atoms with van der Waals surface area (Å²) in [5.41, 5.74) is 0.988. The molecule has 0 aliphatic carbocycles. The average molecular weight is 387 g/mol. The van der Waals surface area contributed by atoms with Crippen LogP contribution in [0.25, 0.3) is 0 Å². The number of carbonyl (C=O) groups is 1. The van der Waals surface area contributed by atoms with Crippen LogP contribution in [0.5, 0.6) is 0 Å². The smallest absolute Gasteiger partial charge is 0.271 e. The van der Waals surface area contributed by atoms with Gasteiger partial charge < -0.3 is 5.32 Å². The minimum atomic E-state index is -3.70. The molecule has 0 aliphatic heterocycles. The van der Waals surface area contributed by atoms with E-state index in [1.807, 2.05) is 0 Å². The van der Waals surface area contributed by atoms with Crippen LogP contribution in [-0.4, -0.2) is 37.1 Å². The first kappa shape index (κ1) is 18.7. The van der Waals surface area contributed by atoms with Gasteiger partial charge in [-0.15, -0.1) is 0 Å². The number of sulfonamides is 1. The molecule has 10 heteroatoms. The Balaban J connectivity index is 1.95. The van der Waals surface area contributed by atoms with Crippen molar-refractivity contribution in [1.82, 2.24) is 15.3 Å². The summed E-state index contributed by atoms with van der Waals surface area (Å²) in [4.78, 5) is 20.2. The molecule has 7 nitrogen and oxygen atoms in total. The Labute approximate surface area is 149 Å². The molecule has 2 aromatic rings. The van der Waals surface area contributed by atoms with E-state index < -0.39 is 10.0 Å². The third kappa shape index (κ3) is 4.91. The van der Waals surface area contributed by atoms with Crippen LogP contribution in [0.2, 0.25) is 5.02 Å². The zero-order chi connectivity index (χ0) is 17.7. The van der Waals surface area contributed by atoms with Crippen molar-refractivity contribution in [3.8, 4) is 0 Å². The fourth-order valence-corrected chi connectivity index (χ4v) is 2.89. The number of nitrogens with one attached hydrogen (secondary N) is 1. The van der Waals surface area contributed by atoms with Crippen molar-refractivity contribution in [3.05, 3.63) is 46.7 Å². The fraction of sp³-hybridized carbons (Fsp3) is 0.214. The van der Waals surface area contributed by atoms with Crippen LogP contribution in [0.3, 0.4) is 0 Å². The topological polar surface area (TPSA) is 115 Å². The lowest BCUT2D eigenvalue weighted by Gasteiger charge is -2.07. The zero-order valence-corrected chi connectivity index (χ0v) is 15.1. The first-order valence-corrected chi connectivity index (χ1v) is 9.92. The molecule has 24 heavy (non-hydrogen) atoms. The lowest BCUT2D eigenvalue weighted by molar-refractivity contribution is 0.0948. The van der Waals surface area contributed by atoms with Crippen molar-refractivity contribution < 1.29 is 13.2 Å². The van der Waals surface area contributed by atoms with Crippen LogP contribution < -0.4 is 10.5 Å². The Morgan fingerprint density at radius 3 is 2.58 bits per heavy atom. The molecule has 1 aromatic carbocycles. The van der Waals surface area contributed by atoms with E-state index in [1.165, 1.54) is 30.1 Å². The molecular weight excluding hydrogens is 372 g/mol. The number of hydrogen-bond acceptors (Lipinski definition) is 6. The summed E-state index contributed by atoms with van der Waals surface area (Å²) in [6.07, 6.45) is 3.71. The molecule has 0 spiro atoms. The van der Waals surface area contributed by atoms with E-state index in [-0.39, 0.29) is 21.5 Å². The SMILES string of the molecule is CSc1ncc(Cl)c(C(=O)NCCc2ccc(S(N)(=O)=O)cc2)n1. The van der Waals surface area contributed by atoms with Crippen molar-refractivity contribution in [2.45, 2.75) is 16.5 Å². The van der Waals surface area contributed by atoms with Gasteiger partial charge in [0.05, 0.1) is 16.1 Å². The third-order valence-electron chi connectivity index (χ3n) is 3.07. The number of rotatable bonds is 6. The molecule has 0 radical (unpaired) electrons. The highest BCUT2D eigenvalue weighted by molar-refractivity contribution is 7.98. The quantitative estimate of drug-likeness (QED) is 0.573. The Bertz CT molecular complexity index is 842. The Hall–Kier alpha value is -1.68. The lowest BCUT2D eigenvalue weighted by Crippen LogP contribution is -2.27. The van der Waals surface area contributed by atoms with E-state index >= 15 is 0 Å². The van der Waals surface area contributed by atoms with E-state index in [4.69, 9.17) is 16.7 Å². The van der Waals surface area contributed by atoms with Gasteiger partial charge >= 0.3 is 0 Å². The van der Waals surface area contributed by atoms with Gasteiger partial charge in [0.2, 0.25) is 10.0 Å². The number of hydrogen-bond donors (Lipinski definition) is 2. The standard InChI is InChI=1S/C14H15ClN4O3S2/c1-23-14-18-8-11(15)12(19-14)13(20)17-7-6-9-2-4-10(5-3-9)24(16,21)22/h2-5,8H,6-7H2,1H3,(H,17,20)(H2,16,21,22). The second kappa shape index (κ2) is 7.93. The molecule has 0 aliphatic rings. The maximum Gasteiger partial charge on any atom is 0.271 e. The third-order valence-corrected chi connectivity index (χ3v) is 4.84. The van der Waals surface area contributed by atoms with Crippen LogP contribution in [-0.2, 0) is 16.4 Å². The Morgan fingerprint density at radius 1 is 1.33 bits per heavy atom. The van der Waals surface area contributed by atoms with Gasteiger partial charge in [0.15, 0.2) is 10.9 Å². The van der Waals surface area contributed by atoms with Gasteiger partial charge in [0, 0.05) is 6.54 Å². The molecule has 128 valence electrons. The average Bonchev–Trinajstić information content (AvgIpc) is 2.55. The van der Waals surface area contributed by atoms with Crippen LogP contribution in [0.1, 0.15) is 16.1 Å². The van der Waals surface area contributed by atoms with Gasteiger partial charge in [-0.1, -0.05) is 35.5 Å². The molecule has 0 unspecified atom stereocenters. The van der Waals surface area contributed by atoms with E-state index in [2.05, 4.69) is 15.3 Å². The van der Waals surface area contributed by atoms with Crippen LogP contribution in [0.15, 0.2) is 40.5 Å². The van der Waals surface area contributed by atoms with Crippen LogP contribution in [0.4, 0.5) is 0 Å². The first-order valence-electron chi connectivity index (χ1n) is 6.77. The number of nitrogens with zero attached hydrogens (tertiary/aromatic N) is 2. The molecule has 1 aromatic heterocycles. The number of halogens is 1. The van der Waals surface area contributed by atoms with Crippen LogP contribution >= 0.6 is 23.4 Å². The summed E-state index contributed by atoms with van der Waals surface area (Å²) in [6, 6.07) is 6.15. The van der Waals surface area contributed by atoms with Crippen molar-refractivity contribution in [3.63, 3.8) is 0 Å². The Morgan fingerprint density at radius 2 is 2.00 bits per heavy atom. The molecule has 0 bridgehead atoms. The van der Waals surface area contributed by atoms with Crippen molar-refractivity contribution >= 4 is 39.3 Å². The predicted octanol–water partition coefficient (Wildman–Crippen LogP) is 1.47. The van der Waals surface area contributed by atoms with Crippen LogP contribution in [0, 0.1) is 0 Å². The minimum absolute atomic E-state index is 0.0487. The minimum Gasteiger partial charge on any atom is -0.350 e. The van der Waals surface area contributed by atoms with Gasteiger partial charge in [-0.2, -0.15) is 0 Å². The van der Waals surface area contributed by atoms with Gasteiger partial charge in [-0.05, 0) is 30.4 Å². The highest BCUT2D eigenvalue weighted by Crippen LogP contribution is 2.16. The zero-order valence-electron chi connectivity index (χ0n) is 12.7. The number of primary sulfonamides is 1. The van der Waals surface area contributed by atoms with Gasteiger partial charge in [-0.3, -0.25) is 4.79 Å². The molecule has 0 fully saturated rings. The summed E-state index contributed by atoms with van der Waals surface area (Å²) in [7, 11) is -3.70. The Kier molecular flexibility index (Phi) is 6.16. The van der Waals surface area contributed by atoms with Crippen molar-refractivity contribution in [2.75, 3.05) is 12.8 Å². The molecule has 0 atom stereocenters. The summed E-state index contributed by atoms with van der Waals surface area (Å²) in [5, 5.41) is 8.40. The maximum absolute atomic E-state index is 12.1. The first-order chi connectivity index (χ1) is 11.3. The lowest BCUT2D eigenvalue weighted by atomic mass is 10.1. The number of benzene rings is 1. The summed E-state index contributed by atoms with van der Waals surface area (Å²) >= 11 is 7.25. The van der Waals surface area contributed by atoms with Gasteiger partial charge in [0.25, 0.3) is 5.91 Å². The molecule has 1 amide bonds. The molecular formula is C14H15ClN4O3S2. The molecule has 0 saturated heterocycles. The van der Waals surface area contributed by atoms with Gasteiger partial charge in [-0.25, -0.2) is 23.5 Å². The fourth-order valence-electron chi connectivity index (χ4n) is 1.86. The summed E-state index contributed by atoms with van der Waals surface area (Å²) in [5.74, 6) is -0.390. The van der Waals surface area contributed by atoms with E-state index in [9.17, 15) is 13.2 Å². The van der Waals surface area contributed by atoms with Gasteiger partial charge in [0.1, 0.15) is 0 Å². The largest absolute Gasteiger partial charge is 0.350 e. The van der Waals surface area contributed by atoms with E-state index in [0.29, 0.717) is 18.1 Å². The predicted molar refractivity (Wildman–Crippen MR) is 92.7 cm³/mol. The molecule has 2 rings (SSSR count). The number of carbonyl (C=O) groups excluding carboxylic acids is 1. The summed E-state index contributed by atoms with van der Waals surface area (Å²) in [6.45, 7) is 0.350. The molecule has 3 N–H and O–H groups in total. The van der Waals surface area contributed by atoms with Crippen molar-refractivity contribution in [2.24, 2.45) is 5.14 Å². The number of nitrogens with two attached hydrogens (primary N) is 1. The van der Waals surface area contributed by atoms with Crippen molar-refractivity contribution in [1.29, 1.82) is 0 Å². The number of thioether (sulfide) groups is 1. The molecule has 0 saturated carbocycles. The van der Waals surface area contributed by atoms with E-state index in [0.717, 1.165) is 5.56 Å². The highest BCUT2D eigenvalue weighted by atomic mass is 35.5. The normalized spacial score (nSPS) is 11.3. The second-order valence-corrected chi connectivity index (χ2v) is 7.49. The number of amides is 1. The number of aromatic nitrogens is 2. The monoisotopic (exact) mass is 386 g/mol.